The minimum absolute atomic E-state index is 0.00265. The molecule has 0 amide bonds. The molecular weight excluding hydrogens is 291 g/mol. The number of nitrogens with zero attached hydrogens (tertiary/aromatic N) is 1. The lowest BCUT2D eigenvalue weighted by atomic mass is 10.2. The summed E-state index contributed by atoms with van der Waals surface area (Å²) in [7, 11) is 0. The minimum Gasteiger partial charge on any atom is -0.461 e. The number of halogens is 4. The third kappa shape index (κ3) is 2.72. The number of carbonyl (C=O) groups excluding carboxylic acids is 1. The second kappa shape index (κ2) is 5.29. The van der Waals surface area contributed by atoms with Gasteiger partial charge >= 0.3 is 5.97 Å². The molecule has 0 radical (unpaired) electrons. The summed E-state index contributed by atoms with van der Waals surface area (Å²) in [4.78, 5) is 14.8. The van der Waals surface area contributed by atoms with Crippen molar-refractivity contribution in [1.82, 2.24) is 4.98 Å². The van der Waals surface area contributed by atoms with Gasteiger partial charge in [-0.3, -0.25) is 0 Å². The average Bonchev–Trinajstić information content (AvgIpc) is 2.15. The lowest BCUT2D eigenvalue weighted by molar-refractivity contribution is 0.0505. The van der Waals surface area contributed by atoms with E-state index in [0.717, 1.165) is 6.07 Å². The molecule has 3 nitrogen and oxygen atoms in total. The number of ether oxygens (including phenoxy) is 1. The Morgan fingerprint density at radius 3 is 2.75 bits per heavy atom. The van der Waals surface area contributed by atoms with Gasteiger partial charge in [-0.2, -0.15) is 0 Å². The average molecular weight is 298 g/mol. The van der Waals surface area contributed by atoms with Crippen molar-refractivity contribution in [3.05, 3.63) is 27.7 Å². The van der Waals surface area contributed by atoms with E-state index in [2.05, 4.69) is 25.7 Å². The number of aromatic nitrogens is 1. The number of hydrogen-bond acceptors (Lipinski definition) is 3. The van der Waals surface area contributed by atoms with E-state index in [9.17, 15) is 18.0 Å². The molecule has 16 heavy (non-hydrogen) atoms. The number of rotatable bonds is 3. The van der Waals surface area contributed by atoms with E-state index in [1.54, 1.807) is 0 Å². The topological polar surface area (TPSA) is 39.2 Å². The summed E-state index contributed by atoms with van der Waals surface area (Å²) in [5.74, 6) is -2.27. The Morgan fingerprint density at radius 2 is 2.25 bits per heavy atom. The Bertz CT molecular complexity index is 412. The molecule has 0 atom stereocenters. The van der Waals surface area contributed by atoms with Crippen LogP contribution in [0.1, 0.15) is 29.4 Å². The first-order valence-corrected chi connectivity index (χ1v) is 5.07. The normalized spacial score (nSPS) is 10.6. The molecule has 1 aromatic rings. The van der Waals surface area contributed by atoms with Crippen LogP contribution in [0.4, 0.5) is 13.2 Å². The van der Waals surface area contributed by atoms with E-state index in [0.29, 0.717) is 0 Å². The highest BCUT2D eigenvalue weighted by atomic mass is 79.9. The highest BCUT2D eigenvalue weighted by Gasteiger charge is 2.26. The molecule has 0 unspecified atom stereocenters. The Balaban J connectivity index is 3.29. The molecule has 0 aliphatic heterocycles. The summed E-state index contributed by atoms with van der Waals surface area (Å²) >= 11 is 2.81. The predicted molar refractivity (Wildman–Crippen MR) is 52.8 cm³/mol. The van der Waals surface area contributed by atoms with Gasteiger partial charge in [0.25, 0.3) is 6.43 Å². The first kappa shape index (κ1) is 13.0. The van der Waals surface area contributed by atoms with Crippen molar-refractivity contribution in [1.29, 1.82) is 0 Å². The first-order chi connectivity index (χ1) is 7.47. The van der Waals surface area contributed by atoms with E-state index in [1.807, 2.05) is 0 Å². The molecule has 7 heteroatoms. The van der Waals surface area contributed by atoms with Gasteiger partial charge in [-0.1, -0.05) is 0 Å². The summed E-state index contributed by atoms with van der Waals surface area (Å²) in [6.45, 7) is 1.51. The standard InChI is InChI=1S/C9H7BrF3NO2/c1-2-16-9(15)7-6(8(12)13)4(11)3-5(10)14-7/h3,8H,2H2,1H3. The smallest absolute Gasteiger partial charge is 0.357 e. The fraction of sp³-hybridized carbons (Fsp3) is 0.333. The lowest BCUT2D eigenvalue weighted by Crippen LogP contribution is -2.13. The zero-order valence-corrected chi connectivity index (χ0v) is 9.72. The number of alkyl halides is 2. The van der Waals surface area contributed by atoms with Gasteiger partial charge in [-0.05, 0) is 22.9 Å². The molecule has 0 spiro atoms. The predicted octanol–water partition coefficient (Wildman–Crippen LogP) is 3.10. The third-order valence-electron chi connectivity index (χ3n) is 1.66. The summed E-state index contributed by atoms with van der Waals surface area (Å²) in [5, 5.41) is 0. The monoisotopic (exact) mass is 297 g/mol. The molecule has 1 rings (SSSR count). The molecule has 0 aliphatic rings. The van der Waals surface area contributed by atoms with Gasteiger partial charge in [0.15, 0.2) is 5.69 Å². The fourth-order valence-corrected chi connectivity index (χ4v) is 1.44. The van der Waals surface area contributed by atoms with Crippen molar-refractivity contribution in [3.63, 3.8) is 0 Å². The molecule has 0 saturated carbocycles. The largest absolute Gasteiger partial charge is 0.461 e. The maximum atomic E-state index is 13.2. The van der Waals surface area contributed by atoms with Crippen LogP contribution in [0.2, 0.25) is 0 Å². The number of hydrogen-bond donors (Lipinski definition) is 0. The summed E-state index contributed by atoms with van der Waals surface area (Å²) in [6.07, 6.45) is -3.12. The molecule has 0 aromatic carbocycles. The Hall–Kier alpha value is -1.11. The van der Waals surface area contributed by atoms with Gasteiger partial charge in [0.05, 0.1) is 12.2 Å². The Kier molecular flexibility index (Phi) is 4.28. The van der Waals surface area contributed by atoms with Gasteiger partial charge in [0, 0.05) is 6.07 Å². The molecular formula is C9H7BrF3NO2. The Morgan fingerprint density at radius 1 is 1.62 bits per heavy atom. The summed E-state index contributed by atoms with van der Waals surface area (Å²) in [6, 6.07) is 0.768. The maximum absolute atomic E-state index is 13.2. The maximum Gasteiger partial charge on any atom is 0.357 e. The van der Waals surface area contributed by atoms with E-state index >= 15 is 0 Å². The molecule has 0 aliphatic carbocycles. The van der Waals surface area contributed by atoms with Crippen LogP contribution >= 0.6 is 15.9 Å². The van der Waals surface area contributed by atoms with Gasteiger partial charge in [-0.15, -0.1) is 0 Å². The second-order valence-corrected chi connectivity index (χ2v) is 3.52. The van der Waals surface area contributed by atoms with Crippen LogP contribution in [0.3, 0.4) is 0 Å². The fourth-order valence-electron chi connectivity index (χ4n) is 1.06. The van der Waals surface area contributed by atoms with Crippen molar-refractivity contribution >= 4 is 21.9 Å². The van der Waals surface area contributed by atoms with Crippen LogP contribution in [0.25, 0.3) is 0 Å². The van der Waals surface area contributed by atoms with Gasteiger partial charge in [-0.25, -0.2) is 22.9 Å². The van der Waals surface area contributed by atoms with Crippen LogP contribution in [-0.2, 0) is 4.74 Å². The zero-order chi connectivity index (χ0) is 12.3. The quantitative estimate of drug-likeness (QED) is 0.636. The van der Waals surface area contributed by atoms with E-state index in [-0.39, 0.29) is 11.2 Å². The van der Waals surface area contributed by atoms with E-state index in [4.69, 9.17) is 0 Å². The molecule has 88 valence electrons. The first-order valence-electron chi connectivity index (χ1n) is 4.28. The number of carbonyl (C=O) groups is 1. The zero-order valence-electron chi connectivity index (χ0n) is 8.14. The number of esters is 1. The number of pyridine rings is 1. The van der Waals surface area contributed by atoms with Crippen LogP contribution in [0, 0.1) is 5.82 Å². The van der Waals surface area contributed by atoms with E-state index in [1.165, 1.54) is 6.92 Å². The molecule has 0 fully saturated rings. The van der Waals surface area contributed by atoms with Crippen molar-refractivity contribution in [2.75, 3.05) is 6.61 Å². The SMILES string of the molecule is CCOC(=O)c1nc(Br)cc(F)c1C(F)F. The van der Waals surface area contributed by atoms with Crippen LogP contribution in [-0.4, -0.2) is 17.6 Å². The van der Waals surface area contributed by atoms with Crippen LogP contribution in [0.5, 0.6) is 0 Å². The van der Waals surface area contributed by atoms with Gasteiger partial charge in [0.1, 0.15) is 10.4 Å². The van der Waals surface area contributed by atoms with Crippen LogP contribution < -0.4 is 0 Å². The van der Waals surface area contributed by atoms with Crippen molar-refractivity contribution < 1.29 is 22.7 Å². The molecule has 0 bridgehead atoms. The minimum atomic E-state index is -3.12. The van der Waals surface area contributed by atoms with Crippen molar-refractivity contribution in [3.8, 4) is 0 Å². The Labute approximate surface area is 97.8 Å². The third-order valence-corrected chi connectivity index (χ3v) is 2.07. The van der Waals surface area contributed by atoms with Crippen molar-refractivity contribution in [2.45, 2.75) is 13.3 Å². The molecule has 0 saturated heterocycles. The van der Waals surface area contributed by atoms with Crippen LogP contribution in [0.15, 0.2) is 10.7 Å². The van der Waals surface area contributed by atoms with Gasteiger partial charge in [0.2, 0.25) is 0 Å². The van der Waals surface area contributed by atoms with E-state index < -0.39 is 29.5 Å². The highest BCUT2D eigenvalue weighted by molar-refractivity contribution is 9.10. The lowest BCUT2D eigenvalue weighted by Gasteiger charge is -2.08. The summed E-state index contributed by atoms with van der Waals surface area (Å²) < 4.78 is 42.7. The van der Waals surface area contributed by atoms with Gasteiger partial charge < -0.3 is 4.74 Å². The highest BCUT2D eigenvalue weighted by Crippen LogP contribution is 2.27. The van der Waals surface area contributed by atoms with Crippen molar-refractivity contribution in [2.24, 2.45) is 0 Å². The summed E-state index contributed by atoms with van der Waals surface area (Å²) in [5.41, 5.74) is -1.75. The molecule has 1 aromatic heterocycles. The molecule has 1 heterocycles. The molecule has 0 N–H and O–H groups in total. The second-order valence-electron chi connectivity index (χ2n) is 2.71.